The number of halogens is 3. The molecule has 1 fully saturated rings. The predicted molar refractivity (Wildman–Crippen MR) is 53.3 cm³/mol. The minimum atomic E-state index is -4.07. The van der Waals surface area contributed by atoms with Crippen LogP contribution in [-0.4, -0.2) is 24.4 Å². The number of rotatable bonds is 5. The van der Waals surface area contributed by atoms with Crippen LogP contribution in [0.3, 0.4) is 0 Å². The van der Waals surface area contributed by atoms with Gasteiger partial charge in [-0.05, 0) is 37.1 Å². The molecule has 5 heteroatoms. The standard InChI is InChI=1S/C9H16F3NS/c10-9(11,12)14-6-5-13-7-8-3-1-2-4-8/h8,13H,1-7H2. The third-order valence-corrected chi connectivity index (χ3v) is 3.19. The van der Waals surface area contributed by atoms with Gasteiger partial charge in [-0.1, -0.05) is 12.8 Å². The van der Waals surface area contributed by atoms with Crippen LogP contribution in [0.4, 0.5) is 13.2 Å². The molecule has 1 N–H and O–H groups in total. The molecule has 1 aliphatic carbocycles. The lowest BCUT2D eigenvalue weighted by atomic mass is 10.1. The van der Waals surface area contributed by atoms with E-state index in [9.17, 15) is 13.2 Å². The second kappa shape index (κ2) is 5.85. The summed E-state index contributed by atoms with van der Waals surface area (Å²) in [5, 5.41) is 3.08. The molecule has 0 aromatic heterocycles. The van der Waals surface area contributed by atoms with Crippen LogP contribution >= 0.6 is 11.8 Å². The molecule has 0 saturated heterocycles. The Morgan fingerprint density at radius 3 is 2.43 bits per heavy atom. The van der Waals surface area contributed by atoms with Crippen LogP contribution < -0.4 is 5.32 Å². The molecule has 0 aromatic rings. The molecule has 0 bridgehead atoms. The summed E-state index contributed by atoms with van der Waals surface area (Å²) in [6, 6.07) is 0. The van der Waals surface area contributed by atoms with Gasteiger partial charge in [0.05, 0.1) is 0 Å². The SMILES string of the molecule is FC(F)(F)SCCNCC1CCCC1. The van der Waals surface area contributed by atoms with Crippen LogP contribution in [0.1, 0.15) is 25.7 Å². The van der Waals surface area contributed by atoms with Crippen molar-refractivity contribution in [1.82, 2.24) is 5.32 Å². The largest absolute Gasteiger partial charge is 0.441 e. The average molecular weight is 227 g/mol. The van der Waals surface area contributed by atoms with E-state index in [2.05, 4.69) is 5.32 Å². The van der Waals surface area contributed by atoms with E-state index in [4.69, 9.17) is 0 Å². The van der Waals surface area contributed by atoms with E-state index in [0.717, 1.165) is 6.54 Å². The van der Waals surface area contributed by atoms with Crippen molar-refractivity contribution in [3.05, 3.63) is 0 Å². The summed E-state index contributed by atoms with van der Waals surface area (Å²) in [5.41, 5.74) is -4.07. The molecular weight excluding hydrogens is 211 g/mol. The zero-order valence-corrected chi connectivity index (χ0v) is 8.89. The molecule has 84 valence electrons. The lowest BCUT2D eigenvalue weighted by molar-refractivity contribution is -0.0327. The zero-order chi connectivity index (χ0) is 10.4. The fourth-order valence-corrected chi connectivity index (χ4v) is 2.24. The van der Waals surface area contributed by atoms with Crippen molar-refractivity contribution in [3.8, 4) is 0 Å². The third kappa shape index (κ3) is 5.75. The Kier molecular flexibility index (Phi) is 5.09. The lowest BCUT2D eigenvalue weighted by Crippen LogP contribution is -2.24. The summed E-state index contributed by atoms with van der Waals surface area (Å²) in [4.78, 5) is 0. The first-order valence-corrected chi connectivity index (χ1v) is 5.98. The number of thioether (sulfide) groups is 1. The third-order valence-electron chi connectivity index (χ3n) is 2.45. The van der Waals surface area contributed by atoms with Crippen LogP contribution in [0.25, 0.3) is 0 Å². The van der Waals surface area contributed by atoms with E-state index >= 15 is 0 Å². The summed E-state index contributed by atoms with van der Waals surface area (Å²) in [5.74, 6) is 0.821. The van der Waals surface area contributed by atoms with Crippen molar-refractivity contribution in [2.75, 3.05) is 18.8 Å². The minimum absolute atomic E-state index is 0.0536. The smallest absolute Gasteiger partial charge is 0.316 e. The van der Waals surface area contributed by atoms with Crippen molar-refractivity contribution in [2.45, 2.75) is 31.2 Å². The van der Waals surface area contributed by atoms with Crippen molar-refractivity contribution in [3.63, 3.8) is 0 Å². The lowest BCUT2D eigenvalue weighted by Gasteiger charge is -2.10. The first-order chi connectivity index (χ1) is 6.58. The van der Waals surface area contributed by atoms with E-state index in [1.165, 1.54) is 25.7 Å². The molecule has 0 spiro atoms. The average Bonchev–Trinajstić information content (AvgIpc) is 2.54. The molecule has 0 heterocycles. The van der Waals surface area contributed by atoms with Gasteiger partial charge in [-0.25, -0.2) is 0 Å². The molecule has 1 aliphatic rings. The molecule has 0 atom stereocenters. The summed E-state index contributed by atoms with van der Waals surface area (Å²) >= 11 is 0.0536. The maximum absolute atomic E-state index is 11.7. The molecule has 0 aliphatic heterocycles. The molecule has 1 rings (SSSR count). The number of hydrogen-bond donors (Lipinski definition) is 1. The normalized spacial score (nSPS) is 19.1. The summed E-state index contributed by atoms with van der Waals surface area (Å²) in [6.07, 6.45) is 5.03. The van der Waals surface area contributed by atoms with Crippen molar-refractivity contribution >= 4 is 11.8 Å². The van der Waals surface area contributed by atoms with Gasteiger partial charge in [0.2, 0.25) is 0 Å². The Labute approximate surface area is 86.8 Å². The van der Waals surface area contributed by atoms with Gasteiger partial charge in [-0.15, -0.1) is 0 Å². The van der Waals surface area contributed by atoms with Gasteiger partial charge in [0, 0.05) is 12.3 Å². The molecule has 1 saturated carbocycles. The fraction of sp³-hybridized carbons (Fsp3) is 1.00. The Balaban J connectivity index is 1.89. The number of nitrogens with one attached hydrogen (secondary N) is 1. The van der Waals surface area contributed by atoms with E-state index < -0.39 is 5.51 Å². The van der Waals surface area contributed by atoms with Gasteiger partial charge in [-0.3, -0.25) is 0 Å². The van der Waals surface area contributed by atoms with Crippen molar-refractivity contribution in [1.29, 1.82) is 0 Å². The highest BCUT2D eigenvalue weighted by Crippen LogP contribution is 2.29. The van der Waals surface area contributed by atoms with Gasteiger partial charge in [-0.2, -0.15) is 13.2 Å². The monoisotopic (exact) mass is 227 g/mol. The van der Waals surface area contributed by atoms with Gasteiger partial charge < -0.3 is 5.32 Å². The molecule has 0 radical (unpaired) electrons. The first-order valence-electron chi connectivity index (χ1n) is 4.99. The molecule has 0 aromatic carbocycles. The topological polar surface area (TPSA) is 12.0 Å². The highest BCUT2D eigenvalue weighted by atomic mass is 32.2. The summed E-state index contributed by atoms with van der Waals surface area (Å²) in [7, 11) is 0. The van der Waals surface area contributed by atoms with Gasteiger partial charge in [0.15, 0.2) is 0 Å². The van der Waals surface area contributed by atoms with Crippen molar-refractivity contribution in [2.24, 2.45) is 5.92 Å². The van der Waals surface area contributed by atoms with Gasteiger partial charge >= 0.3 is 5.51 Å². The van der Waals surface area contributed by atoms with Crippen LogP contribution in [-0.2, 0) is 0 Å². The molecule has 0 amide bonds. The quantitative estimate of drug-likeness (QED) is 0.724. The Hall–Kier alpha value is 0.1000. The van der Waals surface area contributed by atoms with E-state index in [1.54, 1.807) is 0 Å². The van der Waals surface area contributed by atoms with E-state index in [0.29, 0.717) is 12.5 Å². The Bertz CT molecular complexity index is 155. The molecule has 1 nitrogen and oxygen atoms in total. The highest BCUT2D eigenvalue weighted by molar-refractivity contribution is 8.00. The fourth-order valence-electron chi connectivity index (χ4n) is 1.76. The number of hydrogen-bond acceptors (Lipinski definition) is 2. The van der Waals surface area contributed by atoms with Crippen LogP contribution in [0.15, 0.2) is 0 Å². The van der Waals surface area contributed by atoms with Crippen LogP contribution in [0.2, 0.25) is 0 Å². The first kappa shape index (κ1) is 12.2. The Morgan fingerprint density at radius 1 is 1.21 bits per heavy atom. The van der Waals surface area contributed by atoms with Crippen LogP contribution in [0, 0.1) is 5.92 Å². The molecular formula is C9H16F3NS. The van der Waals surface area contributed by atoms with Crippen molar-refractivity contribution < 1.29 is 13.2 Å². The Morgan fingerprint density at radius 2 is 1.86 bits per heavy atom. The summed E-state index contributed by atoms with van der Waals surface area (Å²) in [6.45, 7) is 1.35. The molecule has 14 heavy (non-hydrogen) atoms. The van der Waals surface area contributed by atoms with E-state index in [1.807, 2.05) is 0 Å². The minimum Gasteiger partial charge on any atom is -0.316 e. The number of alkyl halides is 3. The second-order valence-corrected chi connectivity index (χ2v) is 4.81. The van der Waals surface area contributed by atoms with Crippen LogP contribution in [0.5, 0.6) is 0 Å². The second-order valence-electron chi connectivity index (χ2n) is 3.65. The van der Waals surface area contributed by atoms with Gasteiger partial charge in [0.25, 0.3) is 0 Å². The predicted octanol–water partition coefficient (Wildman–Crippen LogP) is 3.02. The summed E-state index contributed by atoms with van der Waals surface area (Å²) < 4.78 is 35.2. The zero-order valence-electron chi connectivity index (χ0n) is 8.07. The maximum atomic E-state index is 11.7. The van der Waals surface area contributed by atoms with E-state index in [-0.39, 0.29) is 17.5 Å². The maximum Gasteiger partial charge on any atom is 0.441 e. The highest BCUT2D eigenvalue weighted by Gasteiger charge is 2.27. The molecule has 0 unspecified atom stereocenters. The van der Waals surface area contributed by atoms with Gasteiger partial charge in [0.1, 0.15) is 0 Å².